The molecule has 2 aliphatic heterocycles. The smallest absolute Gasteiger partial charge is 0.279 e. The molecule has 2 fully saturated rings. The Labute approximate surface area is 152 Å². The van der Waals surface area contributed by atoms with Gasteiger partial charge in [0.2, 0.25) is 5.91 Å². The molecule has 0 aliphatic carbocycles. The average Bonchev–Trinajstić information content (AvgIpc) is 3.02. The van der Waals surface area contributed by atoms with Crippen LogP contribution in [0.2, 0.25) is 0 Å². The molecular formula is C15H31ClN4O3S. The third-order valence-corrected chi connectivity index (χ3v) is 6.50. The summed E-state index contributed by atoms with van der Waals surface area (Å²) < 4.78 is 28.3. The van der Waals surface area contributed by atoms with E-state index in [2.05, 4.69) is 23.5 Å². The number of amides is 1. The zero-order valence-electron chi connectivity index (χ0n) is 15.1. The first-order valence-corrected chi connectivity index (χ1v) is 9.84. The SMILES string of the molecule is CC(C)[C@H]1CN(CCN2CCCC2=O)C[C@@H]1NS(=O)(=O)N(C)C.Cl. The van der Waals surface area contributed by atoms with E-state index < -0.39 is 10.2 Å². The monoisotopic (exact) mass is 382 g/mol. The molecule has 0 aromatic rings. The normalized spacial score (nSPS) is 25.8. The van der Waals surface area contributed by atoms with Crippen molar-refractivity contribution in [2.75, 3.05) is 46.8 Å². The fraction of sp³-hybridized carbons (Fsp3) is 0.933. The minimum Gasteiger partial charge on any atom is -0.341 e. The maximum absolute atomic E-state index is 12.1. The maximum Gasteiger partial charge on any atom is 0.279 e. The van der Waals surface area contributed by atoms with Crippen LogP contribution in [0.3, 0.4) is 0 Å². The second-order valence-corrected chi connectivity index (χ2v) is 9.08. The molecule has 1 amide bonds. The number of nitrogens with one attached hydrogen (secondary N) is 1. The van der Waals surface area contributed by atoms with Crippen molar-refractivity contribution in [3.63, 3.8) is 0 Å². The predicted molar refractivity (Wildman–Crippen MR) is 97.4 cm³/mol. The Morgan fingerprint density at radius 1 is 1.25 bits per heavy atom. The van der Waals surface area contributed by atoms with Gasteiger partial charge in [-0.15, -0.1) is 12.4 Å². The number of nitrogens with zero attached hydrogens (tertiary/aromatic N) is 3. The molecule has 142 valence electrons. The molecule has 0 radical (unpaired) electrons. The van der Waals surface area contributed by atoms with E-state index in [-0.39, 0.29) is 24.4 Å². The first-order chi connectivity index (χ1) is 10.7. The van der Waals surface area contributed by atoms with E-state index in [0.29, 0.717) is 24.8 Å². The van der Waals surface area contributed by atoms with Gasteiger partial charge < -0.3 is 4.90 Å². The van der Waals surface area contributed by atoms with E-state index in [0.717, 1.165) is 32.6 Å². The van der Waals surface area contributed by atoms with Crippen molar-refractivity contribution < 1.29 is 13.2 Å². The third-order valence-electron chi connectivity index (χ3n) is 4.94. The second kappa shape index (κ2) is 8.80. The molecule has 0 aromatic heterocycles. The zero-order chi connectivity index (χ0) is 17.2. The summed E-state index contributed by atoms with van der Waals surface area (Å²) in [6, 6.07) is -0.0725. The summed E-state index contributed by atoms with van der Waals surface area (Å²) in [4.78, 5) is 15.9. The number of halogens is 1. The molecule has 0 saturated carbocycles. The van der Waals surface area contributed by atoms with E-state index in [9.17, 15) is 13.2 Å². The first kappa shape index (κ1) is 21.6. The van der Waals surface area contributed by atoms with Gasteiger partial charge >= 0.3 is 0 Å². The van der Waals surface area contributed by atoms with Gasteiger partial charge in [-0.3, -0.25) is 9.69 Å². The molecule has 2 saturated heterocycles. The lowest BCUT2D eigenvalue weighted by molar-refractivity contribution is -0.127. The number of hydrogen-bond donors (Lipinski definition) is 1. The summed E-state index contributed by atoms with van der Waals surface area (Å²) in [5, 5.41) is 0. The van der Waals surface area contributed by atoms with Crippen molar-refractivity contribution in [3.8, 4) is 0 Å². The molecule has 0 aromatic carbocycles. The second-order valence-electron chi connectivity index (χ2n) is 7.16. The standard InChI is InChI=1S/C15H30N4O3S.ClH/c1-12(2)13-10-18(8-9-19-7-5-6-15(19)20)11-14(13)16-23(21,22)17(3)4;/h12-14,16H,5-11H2,1-4H3;1H/t13-,14+;/m1./s1. The quantitative estimate of drug-likeness (QED) is 0.691. The van der Waals surface area contributed by atoms with Crippen LogP contribution in [0.4, 0.5) is 0 Å². The van der Waals surface area contributed by atoms with Crippen molar-refractivity contribution in [1.82, 2.24) is 18.8 Å². The summed E-state index contributed by atoms with van der Waals surface area (Å²) in [6.45, 7) is 8.27. The van der Waals surface area contributed by atoms with Crippen LogP contribution in [0.1, 0.15) is 26.7 Å². The summed E-state index contributed by atoms with van der Waals surface area (Å²) in [5.74, 6) is 0.941. The molecular weight excluding hydrogens is 352 g/mol. The van der Waals surface area contributed by atoms with Gasteiger partial charge in [-0.2, -0.15) is 17.4 Å². The lowest BCUT2D eigenvalue weighted by atomic mass is 9.92. The Balaban J connectivity index is 0.00000288. The van der Waals surface area contributed by atoms with Crippen molar-refractivity contribution in [3.05, 3.63) is 0 Å². The summed E-state index contributed by atoms with van der Waals surface area (Å²) >= 11 is 0. The Hall–Kier alpha value is -0.410. The summed E-state index contributed by atoms with van der Waals surface area (Å²) in [6.07, 6.45) is 1.62. The van der Waals surface area contributed by atoms with Crippen LogP contribution in [-0.2, 0) is 15.0 Å². The lowest BCUT2D eigenvalue weighted by Gasteiger charge is -2.24. The van der Waals surface area contributed by atoms with Crippen LogP contribution in [0.15, 0.2) is 0 Å². The van der Waals surface area contributed by atoms with E-state index in [1.165, 1.54) is 4.31 Å². The van der Waals surface area contributed by atoms with E-state index in [1.807, 2.05) is 4.90 Å². The van der Waals surface area contributed by atoms with Gasteiger partial charge in [0.15, 0.2) is 0 Å². The Kier molecular flexibility index (Phi) is 7.93. The Morgan fingerprint density at radius 3 is 2.42 bits per heavy atom. The van der Waals surface area contributed by atoms with Gasteiger partial charge in [-0.1, -0.05) is 13.8 Å². The fourth-order valence-electron chi connectivity index (χ4n) is 3.40. The van der Waals surface area contributed by atoms with Crippen LogP contribution in [-0.4, -0.2) is 81.3 Å². The predicted octanol–water partition coefficient (Wildman–Crippen LogP) is 0.383. The number of rotatable bonds is 7. The van der Waals surface area contributed by atoms with Gasteiger partial charge in [0, 0.05) is 59.3 Å². The lowest BCUT2D eigenvalue weighted by Crippen LogP contribution is -2.46. The van der Waals surface area contributed by atoms with Gasteiger partial charge in [0.05, 0.1) is 0 Å². The number of hydrogen-bond acceptors (Lipinski definition) is 4. The number of carbonyl (C=O) groups excluding carboxylic acids is 1. The van der Waals surface area contributed by atoms with Crippen LogP contribution < -0.4 is 4.72 Å². The summed E-state index contributed by atoms with van der Waals surface area (Å²) in [7, 11) is -0.339. The van der Waals surface area contributed by atoms with Crippen LogP contribution in [0, 0.1) is 11.8 Å². The molecule has 0 bridgehead atoms. The molecule has 7 nitrogen and oxygen atoms in total. The first-order valence-electron chi connectivity index (χ1n) is 8.40. The molecule has 2 rings (SSSR count). The average molecular weight is 383 g/mol. The third kappa shape index (κ3) is 5.29. The minimum absolute atomic E-state index is 0. The highest BCUT2D eigenvalue weighted by Crippen LogP contribution is 2.25. The highest BCUT2D eigenvalue weighted by Gasteiger charge is 2.37. The van der Waals surface area contributed by atoms with Crippen LogP contribution in [0.5, 0.6) is 0 Å². The van der Waals surface area contributed by atoms with Crippen LogP contribution >= 0.6 is 12.4 Å². The number of carbonyl (C=O) groups is 1. The topological polar surface area (TPSA) is 73.0 Å². The molecule has 9 heteroatoms. The minimum atomic E-state index is -3.42. The fourth-order valence-corrected chi connectivity index (χ4v) is 4.24. The number of likely N-dealkylation sites (tertiary alicyclic amines) is 2. The largest absolute Gasteiger partial charge is 0.341 e. The summed E-state index contributed by atoms with van der Waals surface area (Å²) in [5.41, 5.74) is 0. The molecule has 24 heavy (non-hydrogen) atoms. The Bertz CT molecular complexity index is 527. The van der Waals surface area contributed by atoms with Gasteiger partial charge in [0.25, 0.3) is 10.2 Å². The molecule has 1 N–H and O–H groups in total. The van der Waals surface area contributed by atoms with Crippen LogP contribution in [0.25, 0.3) is 0 Å². The van der Waals surface area contributed by atoms with Gasteiger partial charge in [0.1, 0.15) is 0 Å². The molecule has 0 spiro atoms. The highest BCUT2D eigenvalue weighted by atomic mass is 35.5. The van der Waals surface area contributed by atoms with Crippen molar-refractivity contribution >= 4 is 28.5 Å². The van der Waals surface area contributed by atoms with Crippen molar-refractivity contribution in [1.29, 1.82) is 0 Å². The molecule has 2 aliphatic rings. The molecule has 0 unspecified atom stereocenters. The van der Waals surface area contributed by atoms with Crippen molar-refractivity contribution in [2.24, 2.45) is 11.8 Å². The van der Waals surface area contributed by atoms with Crippen molar-refractivity contribution in [2.45, 2.75) is 32.7 Å². The van der Waals surface area contributed by atoms with E-state index >= 15 is 0 Å². The molecule has 2 atom stereocenters. The highest BCUT2D eigenvalue weighted by molar-refractivity contribution is 7.87. The van der Waals surface area contributed by atoms with E-state index in [4.69, 9.17) is 0 Å². The molecule has 2 heterocycles. The van der Waals surface area contributed by atoms with Gasteiger partial charge in [-0.05, 0) is 18.3 Å². The van der Waals surface area contributed by atoms with E-state index in [1.54, 1.807) is 14.1 Å². The maximum atomic E-state index is 12.1. The Morgan fingerprint density at radius 2 is 1.92 bits per heavy atom. The van der Waals surface area contributed by atoms with Gasteiger partial charge in [-0.25, -0.2) is 0 Å². The zero-order valence-corrected chi connectivity index (χ0v) is 16.7.